The van der Waals surface area contributed by atoms with Crippen molar-refractivity contribution in [2.75, 3.05) is 26.0 Å². The van der Waals surface area contributed by atoms with Crippen LogP contribution in [0.15, 0.2) is 18.2 Å². The van der Waals surface area contributed by atoms with Crippen LogP contribution in [0.3, 0.4) is 0 Å². The molecule has 0 radical (unpaired) electrons. The van der Waals surface area contributed by atoms with E-state index in [0.29, 0.717) is 23.0 Å². The third kappa shape index (κ3) is 4.42. The first-order valence-electron chi connectivity index (χ1n) is 6.39. The Morgan fingerprint density at radius 2 is 2.10 bits per heavy atom. The Labute approximate surface area is 123 Å². The summed E-state index contributed by atoms with van der Waals surface area (Å²) in [4.78, 5) is 25.0. The number of carbonyl (C=O) groups excluding carboxylic acids is 2. The van der Waals surface area contributed by atoms with E-state index in [9.17, 15) is 9.59 Å². The molecule has 0 saturated carbocycles. The zero-order valence-corrected chi connectivity index (χ0v) is 12.7. The first kappa shape index (κ1) is 16.3. The summed E-state index contributed by atoms with van der Waals surface area (Å²) in [6.07, 6.45) is 1.83. The molecule has 2 amide bonds. The molecule has 0 heterocycles. The number of rotatable bonds is 5. The van der Waals surface area contributed by atoms with Crippen LogP contribution in [0.5, 0.6) is 5.75 Å². The van der Waals surface area contributed by atoms with Gasteiger partial charge in [-0.05, 0) is 24.6 Å². The average Bonchev–Trinajstić information content (AvgIpc) is 2.44. The molecule has 20 heavy (non-hydrogen) atoms. The van der Waals surface area contributed by atoms with Crippen molar-refractivity contribution in [1.29, 1.82) is 0 Å². The number of anilines is 1. The van der Waals surface area contributed by atoms with E-state index >= 15 is 0 Å². The van der Waals surface area contributed by atoms with E-state index in [4.69, 9.17) is 16.3 Å². The van der Waals surface area contributed by atoms with Crippen LogP contribution in [-0.2, 0) is 9.59 Å². The fourth-order valence-corrected chi connectivity index (χ4v) is 1.86. The van der Waals surface area contributed by atoms with E-state index in [0.717, 1.165) is 12.8 Å². The summed E-state index contributed by atoms with van der Waals surface area (Å²) < 4.78 is 5.02. The monoisotopic (exact) mass is 298 g/mol. The largest absolute Gasteiger partial charge is 0.495 e. The van der Waals surface area contributed by atoms with Gasteiger partial charge in [-0.1, -0.05) is 24.9 Å². The first-order chi connectivity index (χ1) is 9.49. The van der Waals surface area contributed by atoms with Crippen LogP contribution in [-0.4, -0.2) is 37.4 Å². The van der Waals surface area contributed by atoms with Gasteiger partial charge in [0, 0.05) is 19.3 Å². The highest BCUT2D eigenvalue weighted by molar-refractivity contribution is 6.39. The maximum atomic E-state index is 11.8. The lowest BCUT2D eigenvalue weighted by molar-refractivity contribution is -0.142. The molecule has 0 fully saturated rings. The van der Waals surface area contributed by atoms with Gasteiger partial charge in [0.05, 0.1) is 12.1 Å². The number of nitrogens with zero attached hydrogens (tertiary/aromatic N) is 1. The van der Waals surface area contributed by atoms with Crippen LogP contribution in [0.2, 0.25) is 5.02 Å². The average molecular weight is 299 g/mol. The molecule has 0 saturated heterocycles. The Kier molecular flexibility index (Phi) is 6.31. The van der Waals surface area contributed by atoms with Crippen molar-refractivity contribution in [3.05, 3.63) is 23.2 Å². The number of benzene rings is 1. The number of amides is 2. The lowest BCUT2D eigenvalue weighted by atomic mass is 10.3. The molecule has 0 spiro atoms. The Hall–Kier alpha value is -1.75. The second-order valence-electron chi connectivity index (χ2n) is 4.38. The zero-order valence-electron chi connectivity index (χ0n) is 11.9. The van der Waals surface area contributed by atoms with Crippen LogP contribution >= 0.6 is 11.6 Å². The van der Waals surface area contributed by atoms with Crippen molar-refractivity contribution >= 4 is 29.1 Å². The summed E-state index contributed by atoms with van der Waals surface area (Å²) in [6, 6.07) is 4.79. The molecule has 1 aromatic carbocycles. The molecule has 110 valence electrons. The third-order valence-electron chi connectivity index (χ3n) is 2.80. The molecular formula is C14H19ClN2O3. The molecule has 0 aliphatic rings. The highest BCUT2D eigenvalue weighted by Crippen LogP contribution is 2.27. The van der Waals surface area contributed by atoms with Crippen LogP contribution in [0.1, 0.15) is 19.8 Å². The van der Waals surface area contributed by atoms with Gasteiger partial charge in [-0.3, -0.25) is 9.59 Å². The molecule has 5 nitrogen and oxygen atoms in total. The van der Waals surface area contributed by atoms with Crippen LogP contribution < -0.4 is 10.1 Å². The van der Waals surface area contributed by atoms with Crippen molar-refractivity contribution in [2.45, 2.75) is 19.8 Å². The van der Waals surface area contributed by atoms with Gasteiger partial charge in [-0.15, -0.1) is 0 Å². The normalized spacial score (nSPS) is 10.0. The first-order valence-corrected chi connectivity index (χ1v) is 6.77. The number of methoxy groups -OCH3 is 1. The maximum absolute atomic E-state index is 11.8. The number of carbonyl (C=O) groups is 2. The topological polar surface area (TPSA) is 58.6 Å². The summed E-state index contributed by atoms with van der Waals surface area (Å²) in [5, 5.41) is 2.89. The molecule has 0 bridgehead atoms. The van der Waals surface area contributed by atoms with E-state index in [1.165, 1.54) is 18.1 Å². The molecule has 0 aliphatic heterocycles. The van der Waals surface area contributed by atoms with Crippen LogP contribution in [0.4, 0.5) is 5.69 Å². The Bertz CT molecular complexity index is 491. The standard InChI is InChI=1S/C14H19ClN2O3/c1-4-5-8-17(2)14(19)13(18)16-10-6-7-12(20-3)11(15)9-10/h6-7,9H,4-5,8H2,1-3H3,(H,16,18). The van der Waals surface area contributed by atoms with Gasteiger partial charge in [-0.25, -0.2) is 0 Å². The predicted octanol–water partition coefficient (Wildman–Crippen LogP) is 2.55. The number of ether oxygens (including phenoxy) is 1. The molecule has 0 aromatic heterocycles. The van der Waals surface area contributed by atoms with E-state index in [-0.39, 0.29) is 0 Å². The second kappa shape index (κ2) is 7.75. The predicted molar refractivity (Wildman–Crippen MR) is 79.2 cm³/mol. The van der Waals surface area contributed by atoms with Gasteiger partial charge in [0.1, 0.15) is 5.75 Å². The minimum absolute atomic E-state index is 0.372. The minimum Gasteiger partial charge on any atom is -0.495 e. The highest BCUT2D eigenvalue weighted by Gasteiger charge is 2.18. The van der Waals surface area contributed by atoms with Crippen molar-refractivity contribution in [3.63, 3.8) is 0 Å². The van der Waals surface area contributed by atoms with Crippen LogP contribution in [0, 0.1) is 0 Å². The molecule has 1 rings (SSSR count). The maximum Gasteiger partial charge on any atom is 0.313 e. The van der Waals surface area contributed by atoms with Crippen molar-refractivity contribution in [2.24, 2.45) is 0 Å². The number of unbranched alkanes of at least 4 members (excludes halogenated alkanes) is 1. The van der Waals surface area contributed by atoms with Crippen molar-refractivity contribution < 1.29 is 14.3 Å². The van der Waals surface area contributed by atoms with Gasteiger partial charge in [0.2, 0.25) is 0 Å². The molecule has 6 heteroatoms. The van der Waals surface area contributed by atoms with E-state index in [1.807, 2.05) is 6.92 Å². The number of halogens is 1. The third-order valence-corrected chi connectivity index (χ3v) is 3.09. The number of hydrogen-bond donors (Lipinski definition) is 1. The molecule has 0 unspecified atom stereocenters. The van der Waals surface area contributed by atoms with Gasteiger partial charge in [-0.2, -0.15) is 0 Å². The summed E-state index contributed by atoms with van der Waals surface area (Å²) in [6.45, 7) is 2.59. The lowest BCUT2D eigenvalue weighted by Gasteiger charge is -2.16. The quantitative estimate of drug-likeness (QED) is 0.850. The zero-order chi connectivity index (χ0) is 15.1. The molecular weight excluding hydrogens is 280 g/mol. The Morgan fingerprint density at radius 1 is 1.40 bits per heavy atom. The summed E-state index contributed by atoms with van der Waals surface area (Å²) in [5.74, 6) is -0.730. The lowest BCUT2D eigenvalue weighted by Crippen LogP contribution is -2.37. The molecule has 1 N–H and O–H groups in total. The molecule has 1 aromatic rings. The minimum atomic E-state index is -0.676. The Balaban J connectivity index is 2.66. The van der Waals surface area contributed by atoms with Gasteiger partial charge in [0.25, 0.3) is 0 Å². The molecule has 0 aliphatic carbocycles. The fraction of sp³-hybridized carbons (Fsp3) is 0.429. The van der Waals surface area contributed by atoms with E-state index < -0.39 is 11.8 Å². The Morgan fingerprint density at radius 3 is 2.65 bits per heavy atom. The number of nitrogens with one attached hydrogen (secondary N) is 1. The summed E-state index contributed by atoms with van der Waals surface area (Å²) in [5.41, 5.74) is 0.457. The van der Waals surface area contributed by atoms with Crippen molar-refractivity contribution in [3.8, 4) is 5.75 Å². The number of hydrogen-bond acceptors (Lipinski definition) is 3. The van der Waals surface area contributed by atoms with Gasteiger partial charge >= 0.3 is 11.8 Å². The highest BCUT2D eigenvalue weighted by atomic mass is 35.5. The summed E-state index contributed by atoms with van der Waals surface area (Å²) in [7, 11) is 3.12. The van der Waals surface area contributed by atoms with E-state index in [2.05, 4.69) is 5.32 Å². The SMILES string of the molecule is CCCCN(C)C(=O)C(=O)Nc1ccc(OC)c(Cl)c1. The second-order valence-corrected chi connectivity index (χ2v) is 4.79. The van der Waals surface area contributed by atoms with E-state index in [1.54, 1.807) is 19.2 Å². The van der Waals surface area contributed by atoms with Crippen LogP contribution in [0.25, 0.3) is 0 Å². The summed E-state index contributed by atoms with van der Waals surface area (Å²) >= 11 is 5.95. The molecule has 0 atom stereocenters. The van der Waals surface area contributed by atoms with Crippen molar-refractivity contribution in [1.82, 2.24) is 4.90 Å². The van der Waals surface area contributed by atoms with Gasteiger partial charge in [0.15, 0.2) is 0 Å². The van der Waals surface area contributed by atoms with Gasteiger partial charge < -0.3 is 15.0 Å². The smallest absolute Gasteiger partial charge is 0.313 e. The fourth-order valence-electron chi connectivity index (χ4n) is 1.60. The number of likely N-dealkylation sites (N-methyl/N-ethyl adjacent to an activating group) is 1.